The van der Waals surface area contributed by atoms with Crippen LogP contribution in [0.4, 0.5) is 0 Å². The molecule has 3 atom stereocenters. The highest BCUT2D eigenvalue weighted by Crippen LogP contribution is 2.40. The number of rotatable bonds is 5. The van der Waals surface area contributed by atoms with Gasteiger partial charge in [-0.15, -0.1) is 0 Å². The van der Waals surface area contributed by atoms with Gasteiger partial charge in [-0.2, -0.15) is 0 Å². The summed E-state index contributed by atoms with van der Waals surface area (Å²) in [4.78, 5) is 6.60. The zero-order valence-corrected chi connectivity index (χ0v) is 13.2. The van der Waals surface area contributed by atoms with Crippen LogP contribution >= 0.6 is 0 Å². The second kappa shape index (κ2) is 6.68. The molecule has 1 saturated carbocycles. The van der Waals surface area contributed by atoms with Crippen molar-refractivity contribution in [3.05, 3.63) is 30.1 Å². The largest absolute Gasteiger partial charge is 0.329 e. The van der Waals surface area contributed by atoms with E-state index >= 15 is 0 Å². The summed E-state index contributed by atoms with van der Waals surface area (Å²) in [5.74, 6) is 1.44. The summed E-state index contributed by atoms with van der Waals surface area (Å²) < 4.78 is 0. The molecule has 0 bridgehead atoms. The van der Waals surface area contributed by atoms with E-state index in [1.165, 1.54) is 24.8 Å². The average molecular weight is 275 g/mol. The standard InChI is InChI=1S/C17H29N3/c1-14-5-4-9-17(13-18,15(14)2)20(3)12-8-16-6-10-19-11-7-16/h6-7,10-11,14-15H,4-5,8-9,12-13,18H2,1-3H3. The topological polar surface area (TPSA) is 42.1 Å². The van der Waals surface area contributed by atoms with Gasteiger partial charge < -0.3 is 5.73 Å². The molecule has 1 aliphatic carbocycles. The maximum absolute atomic E-state index is 6.21. The monoisotopic (exact) mass is 275 g/mol. The first-order valence-corrected chi connectivity index (χ1v) is 7.90. The predicted molar refractivity (Wildman–Crippen MR) is 84.5 cm³/mol. The highest BCUT2D eigenvalue weighted by molar-refractivity contribution is 5.10. The summed E-state index contributed by atoms with van der Waals surface area (Å²) >= 11 is 0. The van der Waals surface area contributed by atoms with Crippen LogP contribution in [0.25, 0.3) is 0 Å². The number of pyridine rings is 1. The highest BCUT2D eigenvalue weighted by atomic mass is 15.2. The fourth-order valence-corrected chi connectivity index (χ4v) is 3.79. The Morgan fingerprint density at radius 1 is 1.35 bits per heavy atom. The molecule has 3 unspecified atom stereocenters. The minimum atomic E-state index is 0.185. The Morgan fingerprint density at radius 3 is 2.70 bits per heavy atom. The highest BCUT2D eigenvalue weighted by Gasteiger charge is 2.43. The Kier molecular flexibility index (Phi) is 5.17. The van der Waals surface area contributed by atoms with Crippen LogP contribution in [0.3, 0.4) is 0 Å². The molecule has 3 heteroatoms. The lowest BCUT2D eigenvalue weighted by Gasteiger charge is -2.51. The lowest BCUT2D eigenvalue weighted by atomic mass is 9.67. The van der Waals surface area contributed by atoms with Gasteiger partial charge in [0.25, 0.3) is 0 Å². The van der Waals surface area contributed by atoms with E-state index in [1.54, 1.807) is 0 Å². The third-order valence-corrected chi connectivity index (χ3v) is 5.57. The van der Waals surface area contributed by atoms with E-state index in [-0.39, 0.29) is 5.54 Å². The SMILES string of the molecule is CC1CCCC(CN)(N(C)CCc2ccncc2)C1C. The van der Waals surface area contributed by atoms with Crippen LogP contribution in [0, 0.1) is 11.8 Å². The van der Waals surface area contributed by atoms with Crippen LogP contribution in [0.2, 0.25) is 0 Å². The van der Waals surface area contributed by atoms with Gasteiger partial charge in [-0.1, -0.05) is 26.7 Å². The van der Waals surface area contributed by atoms with Crippen molar-refractivity contribution in [3.63, 3.8) is 0 Å². The number of nitrogens with zero attached hydrogens (tertiary/aromatic N) is 2. The summed E-state index contributed by atoms with van der Waals surface area (Å²) in [6.45, 7) is 6.61. The molecule has 1 aliphatic rings. The molecule has 0 aromatic carbocycles. The molecule has 20 heavy (non-hydrogen) atoms. The van der Waals surface area contributed by atoms with E-state index < -0.39 is 0 Å². The number of aromatic nitrogens is 1. The fraction of sp³-hybridized carbons (Fsp3) is 0.706. The molecule has 1 aromatic rings. The van der Waals surface area contributed by atoms with Gasteiger partial charge in [0.1, 0.15) is 0 Å². The van der Waals surface area contributed by atoms with Crippen LogP contribution in [0.5, 0.6) is 0 Å². The molecule has 0 radical (unpaired) electrons. The van der Waals surface area contributed by atoms with Gasteiger partial charge in [0, 0.05) is 31.0 Å². The number of likely N-dealkylation sites (N-methyl/N-ethyl adjacent to an activating group) is 1. The smallest absolute Gasteiger partial charge is 0.0356 e. The zero-order valence-electron chi connectivity index (χ0n) is 13.2. The van der Waals surface area contributed by atoms with Crippen molar-refractivity contribution >= 4 is 0 Å². The number of hydrogen-bond acceptors (Lipinski definition) is 3. The van der Waals surface area contributed by atoms with Crippen molar-refractivity contribution in [2.45, 2.75) is 45.1 Å². The second-order valence-electron chi connectivity index (χ2n) is 6.49. The molecular weight excluding hydrogens is 246 g/mol. The summed E-state index contributed by atoms with van der Waals surface area (Å²) in [5.41, 5.74) is 7.75. The molecule has 1 fully saturated rings. The first kappa shape index (κ1) is 15.5. The minimum absolute atomic E-state index is 0.185. The van der Waals surface area contributed by atoms with Crippen LogP contribution in [0.1, 0.15) is 38.7 Å². The molecule has 3 nitrogen and oxygen atoms in total. The van der Waals surface area contributed by atoms with Crippen molar-refractivity contribution in [2.75, 3.05) is 20.1 Å². The molecular formula is C17H29N3. The van der Waals surface area contributed by atoms with Gasteiger partial charge in [-0.25, -0.2) is 0 Å². The minimum Gasteiger partial charge on any atom is -0.329 e. The average Bonchev–Trinajstić information content (AvgIpc) is 2.49. The molecule has 0 amide bonds. The van der Waals surface area contributed by atoms with Crippen molar-refractivity contribution < 1.29 is 0 Å². The Hall–Kier alpha value is -0.930. The third-order valence-electron chi connectivity index (χ3n) is 5.57. The van der Waals surface area contributed by atoms with Gasteiger partial charge in [0.05, 0.1) is 0 Å². The van der Waals surface area contributed by atoms with Crippen LogP contribution in [-0.2, 0) is 6.42 Å². The quantitative estimate of drug-likeness (QED) is 0.898. The maximum atomic E-state index is 6.21. The van der Waals surface area contributed by atoms with Crippen LogP contribution in [0.15, 0.2) is 24.5 Å². The molecule has 1 heterocycles. The predicted octanol–water partition coefficient (Wildman–Crippen LogP) is 2.71. The lowest BCUT2D eigenvalue weighted by Crippen LogP contribution is -2.59. The molecule has 112 valence electrons. The first-order chi connectivity index (χ1) is 9.60. The number of nitrogens with two attached hydrogens (primary N) is 1. The van der Waals surface area contributed by atoms with E-state index in [4.69, 9.17) is 5.73 Å². The third kappa shape index (κ3) is 3.04. The normalized spacial score (nSPS) is 30.6. The fourth-order valence-electron chi connectivity index (χ4n) is 3.79. The van der Waals surface area contributed by atoms with E-state index in [0.29, 0.717) is 5.92 Å². The summed E-state index contributed by atoms with van der Waals surface area (Å²) in [7, 11) is 2.25. The Balaban J connectivity index is 2.03. The van der Waals surface area contributed by atoms with Gasteiger partial charge in [0.15, 0.2) is 0 Å². The second-order valence-corrected chi connectivity index (χ2v) is 6.49. The summed E-state index contributed by atoms with van der Waals surface area (Å²) in [6, 6.07) is 4.21. The molecule has 2 N–H and O–H groups in total. The van der Waals surface area contributed by atoms with Crippen molar-refractivity contribution in [3.8, 4) is 0 Å². The Bertz CT molecular complexity index is 406. The molecule has 1 aromatic heterocycles. The molecule has 2 rings (SSSR count). The summed E-state index contributed by atoms with van der Waals surface area (Å²) in [6.07, 6.45) is 8.71. The van der Waals surface area contributed by atoms with E-state index in [2.05, 4.69) is 42.9 Å². The van der Waals surface area contributed by atoms with Crippen molar-refractivity contribution in [1.29, 1.82) is 0 Å². The Labute approximate surface area is 123 Å². The van der Waals surface area contributed by atoms with E-state index in [1.807, 2.05) is 12.4 Å². The molecule has 0 aliphatic heterocycles. The van der Waals surface area contributed by atoms with Gasteiger partial charge in [-0.05, 0) is 49.4 Å². The summed E-state index contributed by atoms with van der Waals surface area (Å²) in [5, 5.41) is 0. The Morgan fingerprint density at radius 2 is 2.05 bits per heavy atom. The van der Waals surface area contributed by atoms with Gasteiger partial charge in [0.2, 0.25) is 0 Å². The molecule has 0 saturated heterocycles. The van der Waals surface area contributed by atoms with E-state index in [0.717, 1.165) is 25.4 Å². The first-order valence-electron chi connectivity index (χ1n) is 7.90. The van der Waals surface area contributed by atoms with Crippen LogP contribution in [-0.4, -0.2) is 35.6 Å². The lowest BCUT2D eigenvalue weighted by molar-refractivity contribution is 0.00729. The molecule has 0 spiro atoms. The van der Waals surface area contributed by atoms with E-state index in [9.17, 15) is 0 Å². The zero-order chi connectivity index (χ0) is 14.6. The van der Waals surface area contributed by atoms with Gasteiger partial charge >= 0.3 is 0 Å². The van der Waals surface area contributed by atoms with Crippen LogP contribution < -0.4 is 5.73 Å². The number of hydrogen-bond donors (Lipinski definition) is 1. The van der Waals surface area contributed by atoms with Crippen molar-refractivity contribution in [2.24, 2.45) is 17.6 Å². The van der Waals surface area contributed by atoms with Gasteiger partial charge in [-0.3, -0.25) is 9.88 Å². The maximum Gasteiger partial charge on any atom is 0.0356 e. The van der Waals surface area contributed by atoms with Crippen molar-refractivity contribution in [1.82, 2.24) is 9.88 Å².